The molecule has 4 nitrogen and oxygen atoms in total. The summed E-state index contributed by atoms with van der Waals surface area (Å²) in [7, 11) is -4.16. The average Bonchev–Trinajstić information content (AvgIpc) is 2.53. The molecular formula is C19H39KO4S. The third-order valence-electron chi connectivity index (χ3n) is 4.82. The Hall–Kier alpha value is 1.51. The van der Waals surface area contributed by atoms with E-state index in [1.54, 1.807) is 0 Å². The SMILES string of the molecule is CCCCCCCCC(CCCCCCCC(O)CC)S(=O)(=O)[O-].[K+]. The first-order valence-electron chi connectivity index (χ1n) is 10.0. The van der Waals surface area contributed by atoms with Gasteiger partial charge in [-0.2, -0.15) is 0 Å². The van der Waals surface area contributed by atoms with Gasteiger partial charge >= 0.3 is 51.4 Å². The molecule has 0 amide bonds. The molecule has 0 spiro atoms. The van der Waals surface area contributed by atoms with Crippen LogP contribution in [-0.4, -0.2) is 29.4 Å². The Labute approximate surface area is 199 Å². The summed E-state index contributed by atoms with van der Waals surface area (Å²) in [5, 5.41) is 8.78. The van der Waals surface area contributed by atoms with Crippen molar-refractivity contribution in [2.45, 2.75) is 122 Å². The molecular weight excluding hydrogens is 363 g/mol. The fourth-order valence-corrected chi connectivity index (χ4v) is 3.98. The zero-order valence-electron chi connectivity index (χ0n) is 16.8. The maximum absolute atomic E-state index is 11.4. The van der Waals surface area contributed by atoms with E-state index in [-0.39, 0.29) is 57.5 Å². The van der Waals surface area contributed by atoms with E-state index in [0.29, 0.717) is 12.8 Å². The van der Waals surface area contributed by atoms with Gasteiger partial charge in [0, 0.05) is 5.25 Å². The summed E-state index contributed by atoms with van der Waals surface area (Å²) in [6.07, 6.45) is 14.1. The monoisotopic (exact) mass is 402 g/mol. The summed E-state index contributed by atoms with van der Waals surface area (Å²) in [6.45, 7) is 4.16. The number of aliphatic hydroxyl groups is 1. The number of aliphatic hydroxyl groups excluding tert-OH is 1. The first-order chi connectivity index (χ1) is 11.4. The van der Waals surface area contributed by atoms with E-state index in [4.69, 9.17) is 0 Å². The maximum Gasteiger partial charge on any atom is 1.00 e. The van der Waals surface area contributed by atoms with Crippen molar-refractivity contribution in [3.63, 3.8) is 0 Å². The van der Waals surface area contributed by atoms with Crippen LogP contribution >= 0.6 is 0 Å². The average molecular weight is 403 g/mol. The first kappa shape index (κ1) is 28.7. The van der Waals surface area contributed by atoms with Gasteiger partial charge in [0.15, 0.2) is 0 Å². The molecule has 2 unspecified atom stereocenters. The van der Waals surface area contributed by atoms with Gasteiger partial charge in [0.05, 0.1) is 16.2 Å². The molecule has 25 heavy (non-hydrogen) atoms. The second kappa shape index (κ2) is 18.9. The van der Waals surface area contributed by atoms with E-state index >= 15 is 0 Å². The molecule has 0 saturated carbocycles. The van der Waals surface area contributed by atoms with Gasteiger partial charge in [-0.1, -0.05) is 84.5 Å². The van der Waals surface area contributed by atoms with Crippen molar-refractivity contribution in [2.75, 3.05) is 0 Å². The fourth-order valence-electron chi connectivity index (χ4n) is 3.07. The van der Waals surface area contributed by atoms with Crippen LogP contribution in [0.15, 0.2) is 0 Å². The van der Waals surface area contributed by atoms with Crippen LogP contribution < -0.4 is 51.4 Å². The Bertz CT molecular complexity index is 374. The smallest absolute Gasteiger partial charge is 0.748 e. The Morgan fingerprint density at radius 1 is 0.760 bits per heavy atom. The minimum Gasteiger partial charge on any atom is -0.748 e. The van der Waals surface area contributed by atoms with Crippen molar-refractivity contribution < 1.29 is 69.5 Å². The second-order valence-corrected chi connectivity index (χ2v) is 8.73. The van der Waals surface area contributed by atoms with Crippen molar-refractivity contribution in [3.05, 3.63) is 0 Å². The van der Waals surface area contributed by atoms with Crippen LogP contribution in [0, 0.1) is 0 Å². The van der Waals surface area contributed by atoms with E-state index < -0.39 is 15.4 Å². The van der Waals surface area contributed by atoms with Crippen molar-refractivity contribution in [1.29, 1.82) is 0 Å². The van der Waals surface area contributed by atoms with Crippen LogP contribution in [0.25, 0.3) is 0 Å². The molecule has 2 atom stereocenters. The van der Waals surface area contributed by atoms with Crippen LogP contribution in [0.1, 0.15) is 110 Å². The Morgan fingerprint density at radius 2 is 1.16 bits per heavy atom. The van der Waals surface area contributed by atoms with Gasteiger partial charge in [0.1, 0.15) is 0 Å². The molecule has 0 fully saturated rings. The van der Waals surface area contributed by atoms with Crippen molar-refractivity contribution in [1.82, 2.24) is 0 Å². The Kier molecular flexibility index (Phi) is 21.7. The van der Waals surface area contributed by atoms with E-state index in [1.807, 2.05) is 6.92 Å². The molecule has 0 aliphatic rings. The topological polar surface area (TPSA) is 77.4 Å². The minimum atomic E-state index is -4.16. The van der Waals surface area contributed by atoms with Crippen molar-refractivity contribution in [2.24, 2.45) is 0 Å². The van der Waals surface area contributed by atoms with Crippen molar-refractivity contribution in [3.8, 4) is 0 Å². The summed E-state index contributed by atoms with van der Waals surface area (Å²) in [4.78, 5) is 0. The van der Waals surface area contributed by atoms with Gasteiger partial charge < -0.3 is 9.66 Å². The fraction of sp³-hybridized carbons (Fsp3) is 1.00. The van der Waals surface area contributed by atoms with Gasteiger partial charge in [-0.3, -0.25) is 0 Å². The predicted molar refractivity (Wildman–Crippen MR) is 100 cm³/mol. The number of unbranched alkanes of at least 4 members (excludes halogenated alkanes) is 9. The maximum atomic E-state index is 11.4. The van der Waals surface area contributed by atoms with Crippen LogP contribution in [0.4, 0.5) is 0 Å². The summed E-state index contributed by atoms with van der Waals surface area (Å²) in [5.41, 5.74) is 0. The predicted octanol–water partition coefficient (Wildman–Crippen LogP) is 2.16. The third kappa shape index (κ3) is 18.6. The number of rotatable bonds is 17. The van der Waals surface area contributed by atoms with Gasteiger partial charge in [-0.15, -0.1) is 0 Å². The quantitative estimate of drug-likeness (QED) is 0.230. The van der Waals surface area contributed by atoms with Gasteiger partial charge in [0.25, 0.3) is 0 Å². The summed E-state index contributed by atoms with van der Waals surface area (Å²) in [5.74, 6) is 0. The van der Waals surface area contributed by atoms with E-state index in [1.165, 1.54) is 19.3 Å². The summed E-state index contributed by atoms with van der Waals surface area (Å²) in [6, 6.07) is 0. The molecule has 1 N–H and O–H groups in total. The standard InChI is InChI=1S/C19H40O4S.K/c1-3-5-6-7-10-13-16-19(24(21,22)23)17-14-11-8-9-12-15-18(20)4-2;/h18-20H,3-17H2,1-2H3,(H,21,22,23);/q;+1/p-1. The second-order valence-electron chi connectivity index (χ2n) is 7.08. The molecule has 0 aromatic heterocycles. The number of hydrogen-bond acceptors (Lipinski definition) is 4. The molecule has 0 radical (unpaired) electrons. The van der Waals surface area contributed by atoms with Gasteiger partial charge in [-0.25, -0.2) is 8.42 Å². The molecule has 0 aliphatic heterocycles. The first-order valence-corrected chi connectivity index (χ1v) is 11.5. The summed E-state index contributed by atoms with van der Waals surface area (Å²) >= 11 is 0. The van der Waals surface area contributed by atoms with Crippen LogP contribution in [-0.2, 0) is 10.1 Å². The van der Waals surface area contributed by atoms with E-state index in [0.717, 1.165) is 64.2 Å². The van der Waals surface area contributed by atoms with E-state index in [9.17, 15) is 18.1 Å². The van der Waals surface area contributed by atoms with Gasteiger partial charge in [-0.05, 0) is 25.7 Å². The Balaban J connectivity index is 0. The molecule has 0 bridgehead atoms. The zero-order valence-corrected chi connectivity index (χ0v) is 20.8. The molecule has 0 aromatic carbocycles. The normalized spacial score (nSPS) is 14.1. The zero-order chi connectivity index (χ0) is 18.3. The molecule has 0 aliphatic carbocycles. The number of hydrogen-bond donors (Lipinski definition) is 1. The van der Waals surface area contributed by atoms with Crippen LogP contribution in [0.3, 0.4) is 0 Å². The van der Waals surface area contributed by atoms with Crippen LogP contribution in [0.2, 0.25) is 0 Å². The molecule has 0 heterocycles. The summed E-state index contributed by atoms with van der Waals surface area (Å²) < 4.78 is 34.2. The largest absolute Gasteiger partial charge is 1.00 e. The van der Waals surface area contributed by atoms with Crippen LogP contribution in [0.5, 0.6) is 0 Å². The minimum absolute atomic E-state index is 0. The third-order valence-corrected chi connectivity index (χ3v) is 6.11. The van der Waals surface area contributed by atoms with Gasteiger partial charge in [0.2, 0.25) is 0 Å². The Morgan fingerprint density at radius 3 is 1.56 bits per heavy atom. The molecule has 0 aromatic rings. The molecule has 0 saturated heterocycles. The molecule has 6 heteroatoms. The van der Waals surface area contributed by atoms with Crippen molar-refractivity contribution >= 4 is 10.1 Å². The molecule has 0 rings (SSSR count). The molecule has 146 valence electrons. The van der Waals surface area contributed by atoms with E-state index in [2.05, 4.69) is 6.92 Å².